The number of carbonyl (C=O) groups is 2. The number of urea groups is 1. The lowest BCUT2D eigenvalue weighted by Crippen LogP contribution is -2.51. The molecule has 0 radical (unpaired) electrons. The predicted molar refractivity (Wildman–Crippen MR) is 92.8 cm³/mol. The van der Waals surface area contributed by atoms with Gasteiger partial charge in [-0.2, -0.15) is 0 Å². The summed E-state index contributed by atoms with van der Waals surface area (Å²) in [5.74, 6) is -0.841. The third kappa shape index (κ3) is 5.53. The van der Waals surface area contributed by atoms with Crippen molar-refractivity contribution in [1.82, 2.24) is 15.5 Å². The number of aliphatic carboxylic acids is 1. The lowest BCUT2D eigenvalue weighted by Gasteiger charge is -2.35. The predicted octanol–water partition coefficient (Wildman–Crippen LogP) is 2.21. The fourth-order valence-electron chi connectivity index (χ4n) is 3.13. The zero-order chi connectivity index (χ0) is 17.4. The number of benzene rings is 1. The van der Waals surface area contributed by atoms with Gasteiger partial charge in [0, 0.05) is 31.6 Å². The van der Waals surface area contributed by atoms with E-state index in [4.69, 9.17) is 5.11 Å². The van der Waals surface area contributed by atoms with Crippen LogP contribution in [0.15, 0.2) is 30.3 Å². The van der Waals surface area contributed by atoms with Crippen molar-refractivity contribution < 1.29 is 14.7 Å². The Morgan fingerprint density at radius 2 is 2.00 bits per heavy atom. The van der Waals surface area contributed by atoms with E-state index in [0.29, 0.717) is 19.5 Å². The molecule has 24 heavy (non-hydrogen) atoms. The fraction of sp³-hybridized carbons (Fsp3) is 0.556. The Morgan fingerprint density at radius 3 is 2.71 bits per heavy atom. The van der Waals surface area contributed by atoms with Crippen LogP contribution in [0, 0.1) is 0 Å². The van der Waals surface area contributed by atoms with Crippen molar-refractivity contribution >= 4 is 12.0 Å². The van der Waals surface area contributed by atoms with Gasteiger partial charge >= 0.3 is 12.0 Å². The molecular formula is C18H27N3O3. The van der Waals surface area contributed by atoms with Gasteiger partial charge in [0.05, 0.1) is 0 Å². The van der Waals surface area contributed by atoms with Crippen molar-refractivity contribution in [3.05, 3.63) is 35.9 Å². The van der Waals surface area contributed by atoms with Crippen LogP contribution in [0.5, 0.6) is 0 Å². The maximum absolute atomic E-state index is 11.9. The van der Waals surface area contributed by atoms with E-state index in [1.165, 1.54) is 5.56 Å². The molecule has 1 aliphatic heterocycles. The minimum absolute atomic E-state index is 0.0474. The van der Waals surface area contributed by atoms with E-state index in [2.05, 4.69) is 34.6 Å². The van der Waals surface area contributed by atoms with E-state index >= 15 is 0 Å². The van der Waals surface area contributed by atoms with Crippen molar-refractivity contribution in [3.63, 3.8) is 0 Å². The topological polar surface area (TPSA) is 81.7 Å². The van der Waals surface area contributed by atoms with Crippen LogP contribution in [0.3, 0.4) is 0 Å². The van der Waals surface area contributed by atoms with Gasteiger partial charge in [-0.3, -0.25) is 9.69 Å². The van der Waals surface area contributed by atoms with Gasteiger partial charge in [0.2, 0.25) is 0 Å². The molecule has 0 spiro atoms. The summed E-state index contributed by atoms with van der Waals surface area (Å²) in [4.78, 5) is 24.7. The summed E-state index contributed by atoms with van der Waals surface area (Å²) in [5, 5.41) is 14.2. The third-order valence-corrected chi connectivity index (χ3v) is 4.61. The molecule has 0 saturated carbocycles. The first-order chi connectivity index (χ1) is 11.5. The van der Waals surface area contributed by atoms with Gasteiger partial charge in [0.15, 0.2) is 0 Å². The van der Waals surface area contributed by atoms with Gasteiger partial charge in [-0.05, 0) is 38.3 Å². The highest BCUT2D eigenvalue weighted by Crippen LogP contribution is 2.29. The average molecular weight is 333 g/mol. The van der Waals surface area contributed by atoms with Crippen LogP contribution < -0.4 is 10.6 Å². The molecule has 1 heterocycles. The quantitative estimate of drug-likeness (QED) is 0.637. The van der Waals surface area contributed by atoms with Crippen molar-refractivity contribution in [1.29, 1.82) is 0 Å². The van der Waals surface area contributed by atoms with Crippen molar-refractivity contribution in [2.45, 2.75) is 44.7 Å². The minimum Gasteiger partial charge on any atom is -0.481 e. The zero-order valence-electron chi connectivity index (χ0n) is 14.3. The fourth-order valence-corrected chi connectivity index (χ4v) is 3.13. The van der Waals surface area contributed by atoms with E-state index in [1.807, 2.05) is 18.2 Å². The second kappa shape index (κ2) is 8.68. The first kappa shape index (κ1) is 18.3. The number of hydrogen-bond donors (Lipinski definition) is 3. The Balaban J connectivity index is 1.77. The normalized spacial score (nSPS) is 20.7. The van der Waals surface area contributed by atoms with Crippen LogP contribution in [0.4, 0.5) is 4.79 Å². The minimum atomic E-state index is -0.841. The number of rotatable bonds is 8. The number of nitrogens with zero attached hydrogens (tertiary/aromatic N) is 1. The van der Waals surface area contributed by atoms with Crippen LogP contribution >= 0.6 is 0 Å². The monoisotopic (exact) mass is 333 g/mol. The maximum Gasteiger partial charge on any atom is 0.314 e. The van der Waals surface area contributed by atoms with Crippen LogP contribution in [-0.4, -0.2) is 47.2 Å². The Kier molecular flexibility index (Phi) is 6.61. The summed E-state index contributed by atoms with van der Waals surface area (Å²) in [7, 11) is 0. The van der Waals surface area contributed by atoms with E-state index in [-0.39, 0.29) is 18.0 Å². The van der Waals surface area contributed by atoms with Crippen molar-refractivity contribution in [3.8, 4) is 0 Å². The molecule has 1 aromatic carbocycles. The lowest BCUT2D eigenvalue weighted by atomic mass is 9.98. The number of amides is 2. The molecule has 0 aromatic heterocycles. The molecule has 1 fully saturated rings. The van der Waals surface area contributed by atoms with E-state index < -0.39 is 5.97 Å². The van der Waals surface area contributed by atoms with Gasteiger partial charge in [-0.25, -0.2) is 4.79 Å². The molecule has 1 unspecified atom stereocenters. The molecule has 1 aromatic rings. The number of carbonyl (C=O) groups excluding carboxylic acids is 1. The molecule has 0 bridgehead atoms. The largest absolute Gasteiger partial charge is 0.481 e. The number of carboxylic acids is 1. The first-order valence-corrected chi connectivity index (χ1v) is 8.52. The van der Waals surface area contributed by atoms with Crippen molar-refractivity contribution in [2.24, 2.45) is 0 Å². The van der Waals surface area contributed by atoms with Crippen LogP contribution in [-0.2, 0) is 11.3 Å². The zero-order valence-corrected chi connectivity index (χ0v) is 14.3. The summed E-state index contributed by atoms with van der Waals surface area (Å²) in [6.45, 7) is 5.08. The highest BCUT2D eigenvalue weighted by molar-refractivity contribution is 5.74. The molecule has 2 rings (SSSR count). The van der Waals surface area contributed by atoms with E-state index in [9.17, 15) is 9.59 Å². The van der Waals surface area contributed by atoms with Crippen LogP contribution in [0.25, 0.3) is 0 Å². The molecule has 2 amide bonds. The van der Waals surface area contributed by atoms with E-state index in [1.54, 1.807) is 0 Å². The Hall–Kier alpha value is -2.08. The molecule has 6 nitrogen and oxygen atoms in total. The number of hydrogen-bond acceptors (Lipinski definition) is 3. The smallest absolute Gasteiger partial charge is 0.314 e. The first-order valence-electron chi connectivity index (χ1n) is 8.52. The maximum atomic E-state index is 11.9. The van der Waals surface area contributed by atoms with Crippen molar-refractivity contribution in [2.75, 3.05) is 19.6 Å². The lowest BCUT2D eigenvalue weighted by molar-refractivity contribution is -0.137. The second-order valence-corrected chi connectivity index (χ2v) is 6.61. The van der Waals surface area contributed by atoms with Gasteiger partial charge in [0.25, 0.3) is 0 Å². The van der Waals surface area contributed by atoms with Gasteiger partial charge in [-0.15, -0.1) is 0 Å². The molecule has 6 heteroatoms. The Morgan fingerprint density at radius 1 is 1.25 bits per heavy atom. The van der Waals surface area contributed by atoms with Crippen LogP contribution in [0.1, 0.15) is 38.2 Å². The molecule has 1 atom stereocenters. The average Bonchev–Trinajstić information content (AvgIpc) is 2.92. The van der Waals surface area contributed by atoms with Gasteiger partial charge in [-0.1, -0.05) is 30.3 Å². The third-order valence-electron chi connectivity index (χ3n) is 4.61. The summed E-state index contributed by atoms with van der Waals surface area (Å²) >= 11 is 0. The number of likely N-dealkylation sites (tertiary alicyclic amines) is 1. The second-order valence-electron chi connectivity index (χ2n) is 6.61. The Bertz CT molecular complexity index is 550. The molecule has 1 saturated heterocycles. The molecule has 3 N–H and O–H groups in total. The molecule has 1 aliphatic rings. The summed E-state index contributed by atoms with van der Waals surface area (Å²) in [5.41, 5.74) is 1.23. The summed E-state index contributed by atoms with van der Waals surface area (Å²) in [6, 6.07) is 10.1. The molecule has 0 aliphatic carbocycles. The van der Waals surface area contributed by atoms with Gasteiger partial charge < -0.3 is 15.7 Å². The SMILES string of the molecule is CC1(CNC(=O)NCCCC(=O)O)CCCN1Cc1ccccc1. The highest BCUT2D eigenvalue weighted by atomic mass is 16.4. The highest BCUT2D eigenvalue weighted by Gasteiger charge is 2.36. The number of nitrogens with one attached hydrogen (secondary N) is 2. The number of carboxylic acid groups (broad SMARTS) is 1. The van der Waals surface area contributed by atoms with Crippen LogP contribution in [0.2, 0.25) is 0 Å². The molecular weight excluding hydrogens is 306 g/mol. The van der Waals surface area contributed by atoms with Gasteiger partial charge in [0.1, 0.15) is 0 Å². The Labute approximate surface area is 143 Å². The standard InChI is InChI=1S/C18H27N3O3/c1-18(14-20-17(24)19-11-5-9-16(22)23)10-6-12-21(18)13-15-7-3-2-4-8-15/h2-4,7-8H,5-6,9-14H2,1H3,(H,22,23)(H2,19,20,24). The molecule has 132 valence electrons. The van der Waals surface area contributed by atoms with E-state index in [0.717, 1.165) is 25.9 Å². The summed E-state index contributed by atoms with van der Waals surface area (Å²) in [6.07, 6.45) is 2.70. The summed E-state index contributed by atoms with van der Waals surface area (Å²) < 4.78 is 0.